The molecule has 0 spiro atoms. The van der Waals surface area contributed by atoms with Gasteiger partial charge in [0.1, 0.15) is 12.6 Å². The lowest BCUT2D eigenvalue weighted by Gasteiger charge is -2.33. The number of hydrazine groups is 1. The summed E-state index contributed by atoms with van der Waals surface area (Å²) in [5.41, 5.74) is 3.94. The van der Waals surface area contributed by atoms with Crippen LogP contribution in [0.15, 0.2) is 30.3 Å². The average molecular weight is 360 g/mol. The Morgan fingerprint density at radius 3 is 2.73 bits per heavy atom. The van der Waals surface area contributed by atoms with Crippen molar-refractivity contribution in [1.29, 1.82) is 0 Å². The molecule has 0 aliphatic carbocycles. The smallest absolute Gasteiger partial charge is 0.345 e. The maximum Gasteiger partial charge on any atom is 0.345 e. The lowest BCUT2D eigenvalue weighted by atomic mass is 10.0. The molecule has 3 fully saturated rings. The van der Waals surface area contributed by atoms with Crippen LogP contribution in [0.3, 0.4) is 0 Å². The second-order valence-electron chi connectivity index (χ2n) is 6.84. The van der Waals surface area contributed by atoms with Crippen LogP contribution in [0.5, 0.6) is 0 Å². The van der Waals surface area contributed by atoms with Gasteiger partial charge in [0, 0.05) is 19.6 Å². The summed E-state index contributed by atoms with van der Waals surface area (Å²) in [7, 11) is 0. The second kappa shape index (κ2) is 7.61. The quantitative estimate of drug-likeness (QED) is 0.839. The number of hydrogen-bond acceptors (Lipinski definition) is 5. The van der Waals surface area contributed by atoms with E-state index in [9.17, 15) is 9.59 Å². The highest BCUT2D eigenvalue weighted by atomic mass is 16.7. The van der Waals surface area contributed by atoms with Crippen molar-refractivity contribution in [3.8, 4) is 0 Å². The summed E-state index contributed by atoms with van der Waals surface area (Å²) in [5.74, 6) is -0.122. The Kier molecular flexibility index (Phi) is 5.05. The molecule has 1 N–H and O–H groups in total. The first kappa shape index (κ1) is 17.3. The summed E-state index contributed by atoms with van der Waals surface area (Å²) in [5, 5.41) is 3.32. The van der Waals surface area contributed by atoms with E-state index < -0.39 is 6.04 Å². The number of carbonyl (C=O) groups is 2. The first-order valence-corrected chi connectivity index (χ1v) is 9.12. The molecule has 2 bridgehead atoms. The fourth-order valence-electron chi connectivity index (χ4n) is 3.69. The van der Waals surface area contributed by atoms with Crippen molar-refractivity contribution in [3.05, 3.63) is 35.9 Å². The molecule has 8 nitrogen and oxygen atoms in total. The first-order valence-electron chi connectivity index (χ1n) is 9.12. The molecule has 3 heterocycles. The van der Waals surface area contributed by atoms with E-state index in [1.807, 2.05) is 35.3 Å². The van der Waals surface area contributed by atoms with E-state index in [-0.39, 0.29) is 18.0 Å². The van der Waals surface area contributed by atoms with Crippen molar-refractivity contribution < 1.29 is 19.2 Å². The van der Waals surface area contributed by atoms with Gasteiger partial charge in [-0.2, -0.15) is 5.06 Å². The molecule has 0 aromatic heterocycles. The van der Waals surface area contributed by atoms with Crippen LogP contribution in [0, 0.1) is 0 Å². The van der Waals surface area contributed by atoms with E-state index in [1.165, 1.54) is 5.06 Å². The highest BCUT2D eigenvalue weighted by Crippen LogP contribution is 2.30. The zero-order chi connectivity index (χ0) is 17.9. The minimum Gasteiger partial charge on any atom is -0.379 e. The van der Waals surface area contributed by atoms with Gasteiger partial charge in [0.2, 0.25) is 0 Å². The van der Waals surface area contributed by atoms with E-state index in [2.05, 4.69) is 5.43 Å². The molecular formula is C18H24N4O4. The normalized spacial score (nSPS) is 26.2. The van der Waals surface area contributed by atoms with Crippen molar-refractivity contribution in [2.24, 2.45) is 0 Å². The summed E-state index contributed by atoms with van der Waals surface area (Å²) in [4.78, 5) is 32.8. The summed E-state index contributed by atoms with van der Waals surface area (Å²) in [6, 6.07) is 9.12. The summed E-state index contributed by atoms with van der Waals surface area (Å²) in [6.45, 7) is 3.44. The number of morpholine rings is 1. The van der Waals surface area contributed by atoms with Gasteiger partial charge >= 0.3 is 6.03 Å². The van der Waals surface area contributed by atoms with Crippen molar-refractivity contribution in [1.82, 2.24) is 20.4 Å². The van der Waals surface area contributed by atoms with Gasteiger partial charge in [0.05, 0.1) is 19.3 Å². The Labute approximate surface area is 152 Å². The van der Waals surface area contributed by atoms with Crippen molar-refractivity contribution in [2.45, 2.75) is 31.5 Å². The number of ether oxygens (including phenoxy) is 1. The summed E-state index contributed by atoms with van der Waals surface area (Å²) >= 11 is 0. The molecule has 1 aromatic carbocycles. The molecular weight excluding hydrogens is 336 g/mol. The molecule has 3 saturated heterocycles. The van der Waals surface area contributed by atoms with Gasteiger partial charge in [0.25, 0.3) is 5.91 Å². The summed E-state index contributed by atoms with van der Waals surface area (Å²) in [6.07, 6.45) is 1.41. The number of urea groups is 1. The van der Waals surface area contributed by atoms with Gasteiger partial charge in [-0.05, 0) is 18.4 Å². The standard InChI is InChI=1S/C18H24N4O4/c23-17(19-20-8-10-25-11-9-20)16-7-6-15-12-21(16)18(24)22(15)26-13-14-4-2-1-3-5-14/h1-5,15-16H,6-13H2,(H,19,23). The number of amides is 3. The van der Waals surface area contributed by atoms with Gasteiger partial charge in [-0.3, -0.25) is 15.1 Å². The Morgan fingerprint density at radius 2 is 1.96 bits per heavy atom. The van der Waals surface area contributed by atoms with Crippen molar-refractivity contribution in [3.63, 3.8) is 0 Å². The first-order chi connectivity index (χ1) is 12.7. The molecule has 26 heavy (non-hydrogen) atoms. The van der Waals surface area contributed by atoms with Crippen LogP contribution in [0.4, 0.5) is 4.79 Å². The molecule has 0 saturated carbocycles. The molecule has 3 aliphatic heterocycles. The number of rotatable bonds is 5. The van der Waals surface area contributed by atoms with Crippen LogP contribution < -0.4 is 5.43 Å². The van der Waals surface area contributed by atoms with Crippen LogP contribution in [-0.2, 0) is 21.0 Å². The van der Waals surface area contributed by atoms with Crippen LogP contribution in [0.1, 0.15) is 18.4 Å². The van der Waals surface area contributed by atoms with Crippen molar-refractivity contribution >= 4 is 11.9 Å². The van der Waals surface area contributed by atoms with Crippen molar-refractivity contribution in [2.75, 3.05) is 32.8 Å². The molecule has 140 valence electrons. The van der Waals surface area contributed by atoms with Crippen LogP contribution in [-0.4, -0.2) is 71.8 Å². The number of piperidine rings is 1. The van der Waals surface area contributed by atoms with E-state index in [4.69, 9.17) is 9.57 Å². The molecule has 4 rings (SSSR count). The highest BCUT2D eigenvalue weighted by Gasteiger charge is 2.48. The number of fused-ring (bicyclic) bond motifs is 2. The molecule has 0 radical (unpaired) electrons. The predicted octanol–water partition coefficient (Wildman–Crippen LogP) is 0.750. The fraction of sp³-hybridized carbons (Fsp3) is 0.556. The highest BCUT2D eigenvalue weighted by molar-refractivity contribution is 5.88. The lowest BCUT2D eigenvalue weighted by molar-refractivity contribution is -0.140. The number of benzene rings is 1. The maximum atomic E-state index is 12.7. The minimum absolute atomic E-state index is 0.0126. The van der Waals surface area contributed by atoms with Gasteiger partial charge in [0.15, 0.2) is 0 Å². The molecule has 3 amide bonds. The zero-order valence-electron chi connectivity index (χ0n) is 14.7. The van der Waals surface area contributed by atoms with E-state index in [1.54, 1.807) is 4.90 Å². The maximum absolute atomic E-state index is 12.7. The third-order valence-corrected chi connectivity index (χ3v) is 5.12. The molecule has 8 heteroatoms. The SMILES string of the molecule is O=C(NN1CCOCC1)C1CCC2CN1C(=O)N2OCc1ccccc1. The third-order valence-electron chi connectivity index (χ3n) is 5.12. The third kappa shape index (κ3) is 3.53. The van der Waals surface area contributed by atoms with Crippen LogP contribution in [0.25, 0.3) is 0 Å². The van der Waals surface area contributed by atoms with Crippen LogP contribution in [0.2, 0.25) is 0 Å². The van der Waals surface area contributed by atoms with Gasteiger partial charge in [-0.15, -0.1) is 0 Å². The Balaban J connectivity index is 1.35. The van der Waals surface area contributed by atoms with E-state index >= 15 is 0 Å². The summed E-state index contributed by atoms with van der Waals surface area (Å²) < 4.78 is 5.29. The number of hydrogen-bond donors (Lipinski definition) is 1. The second-order valence-corrected chi connectivity index (χ2v) is 6.84. The number of carbonyl (C=O) groups excluding carboxylic acids is 2. The molecule has 1 aromatic rings. The molecule has 2 atom stereocenters. The Bertz CT molecular complexity index is 650. The number of hydroxylamine groups is 2. The predicted molar refractivity (Wildman–Crippen MR) is 92.5 cm³/mol. The zero-order valence-corrected chi connectivity index (χ0v) is 14.7. The van der Waals surface area contributed by atoms with Gasteiger partial charge in [-0.25, -0.2) is 9.80 Å². The Hall–Kier alpha value is -2.16. The monoisotopic (exact) mass is 360 g/mol. The lowest BCUT2D eigenvalue weighted by Crippen LogP contribution is -2.56. The minimum atomic E-state index is -0.438. The Morgan fingerprint density at radius 1 is 1.19 bits per heavy atom. The largest absolute Gasteiger partial charge is 0.379 e. The van der Waals surface area contributed by atoms with E-state index in [0.29, 0.717) is 45.9 Å². The fourth-order valence-corrected chi connectivity index (χ4v) is 3.69. The van der Waals surface area contributed by atoms with Gasteiger partial charge in [-0.1, -0.05) is 30.3 Å². The molecule has 2 unspecified atom stereocenters. The van der Waals surface area contributed by atoms with Gasteiger partial charge < -0.3 is 9.64 Å². The molecule has 3 aliphatic rings. The number of nitrogens with one attached hydrogen (secondary N) is 1. The average Bonchev–Trinajstić information content (AvgIpc) is 2.92. The number of nitrogens with zero attached hydrogens (tertiary/aromatic N) is 3. The van der Waals surface area contributed by atoms with Crippen LogP contribution >= 0.6 is 0 Å². The van der Waals surface area contributed by atoms with E-state index in [0.717, 1.165) is 12.0 Å². The topological polar surface area (TPSA) is 74.4 Å².